The number of carbonyl (C=O) groups is 1. The van der Waals surface area contributed by atoms with E-state index >= 15 is 0 Å². The monoisotopic (exact) mass is 299 g/mol. The third kappa shape index (κ3) is 3.45. The first-order valence-electron chi connectivity index (χ1n) is 7.43. The molecule has 0 unspecified atom stereocenters. The predicted molar refractivity (Wildman–Crippen MR) is 86.5 cm³/mol. The Morgan fingerprint density at radius 2 is 2.00 bits per heavy atom. The Kier molecular flexibility index (Phi) is 4.81. The molecule has 0 aliphatic rings. The Morgan fingerprint density at radius 1 is 1.27 bits per heavy atom. The van der Waals surface area contributed by atoms with Crippen molar-refractivity contribution in [3.8, 4) is 17.0 Å². The molecule has 22 heavy (non-hydrogen) atoms. The summed E-state index contributed by atoms with van der Waals surface area (Å²) >= 11 is 0. The number of aromatic carboxylic acids is 1. The van der Waals surface area contributed by atoms with E-state index in [0.29, 0.717) is 12.1 Å². The van der Waals surface area contributed by atoms with Gasteiger partial charge in [0.25, 0.3) is 0 Å². The molecule has 0 amide bonds. The van der Waals surface area contributed by atoms with E-state index in [9.17, 15) is 9.90 Å². The Hall–Kier alpha value is -2.36. The lowest BCUT2D eigenvalue weighted by atomic mass is 10.0. The van der Waals surface area contributed by atoms with Crippen LogP contribution in [0.15, 0.2) is 30.3 Å². The second-order valence-corrected chi connectivity index (χ2v) is 5.52. The molecule has 116 valence electrons. The fourth-order valence-corrected chi connectivity index (χ4v) is 2.32. The number of ether oxygens (including phenoxy) is 1. The highest BCUT2D eigenvalue weighted by Crippen LogP contribution is 2.31. The van der Waals surface area contributed by atoms with Gasteiger partial charge in [-0.2, -0.15) is 0 Å². The van der Waals surface area contributed by atoms with Gasteiger partial charge in [0, 0.05) is 5.56 Å². The van der Waals surface area contributed by atoms with Gasteiger partial charge < -0.3 is 9.84 Å². The van der Waals surface area contributed by atoms with Crippen LogP contribution in [0.2, 0.25) is 0 Å². The zero-order chi connectivity index (χ0) is 16.3. The number of aromatic nitrogens is 1. The van der Waals surface area contributed by atoms with E-state index in [4.69, 9.17) is 4.74 Å². The zero-order valence-electron chi connectivity index (χ0n) is 13.4. The molecule has 4 nitrogen and oxygen atoms in total. The van der Waals surface area contributed by atoms with E-state index < -0.39 is 5.97 Å². The molecule has 0 saturated carbocycles. The van der Waals surface area contributed by atoms with Gasteiger partial charge in [-0.3, -0.25) is 4.98 Å². The number of rotatable bonds is 5. The van der Waals surface area contributed by atoms with Crippen LogP contribution in [0.25, 0.3) is 11.3 Å². The van der Waals surface area contributed by atoms with E-state index in [1.165, 1.54) is 0 Å². The van der Waals surface area contributed by atoms with Crippen LogP contribution < -0.4 is 4.74 Å². The van der Waals surface area contributed by atoms with Gasteiger partial charge in [-0.15, -0.1) is 0 Å². The fourth-order valence-electron chi connectivity index (χ4n) is 2.32. The maximum absolute atomic E-state index is 11.2. The molecule has 1 aromatic carbocycles. The Labute approximate surface area is 130 Å². The summed E-state index contributed by atoms with van der Waals surface area (Å²) < 4.78 is 5.85. The van der Waals surface area contributed by atoms with Crippen LogP contribution >= 0.6 is 0 Å². The third-order valence-corrected chi connectivity index (χ3v) is 3.31. The summed E-state index contributed by atoms with van der Waals surface area (Å²) in [5, 5.41) is 9.21. The highest BCUT2D eigenvalue weighted by atomic mass is 16.5. The normalized spacial score (nSPS) is 10.8. The van der Waals surface area contributed by atoms with Gasteiger partial charge in [0.1, 0.15) is 5.75 Å². The number of carboxylic acids is 1. The Morgan fingerprint density at radius 3 is 2.59 bits per heavy atom. The molecule has 0 atom stereocenters. The van der Waals surface area contributed by atoms with Crippen LogP contribution in [0.3, 0.4) is 0 Å². The first-order valence-corrected chi connectivity index (χ1v) is 7.43. The molecule has 1 heterocycles. The molecule has 2 aromatic rings. The van der Waals surface area contributed by atoms with Crippen LogP contribution in [0.1, 0.15) is 42.4 Å². The Bertz CT molecular complexity index is 693. The van der Waals surface area contributed by atoms with Crippen molar-refractivity contribution in [3.05, 3.63) is 47.2 Å². The van der Waals surface area contributed by atoms with E-state index in [-0.39, 0.29) is 11.7 Å². The summed E-state index contributed by atoms with van der Waals surface area (Å²) in [4.78, 5) is 15.8. The van der Waals surface area contributed by atoms with Gasteiger partial charge in [0.2, 0.25) is 0 Å². The average Bonchev–Trinajstić information content (AvgIpc) is 2.47. The minimum atomic E-state index is -0.946. The molecule has 0 aliphatic carbocycles. The van der Waals surface area contributed by atoms with Gasteiger partial charge in [-0.1, -0.05) is 18.6 Å². The molecule has 0 bridgehead atoms. The molecule has 0 radical (unpaired) electrons. The highest BCUT2D eigenvalue weighted by molar-refractivity contribution is 5.89. The molecular weight excluding hydrogens is 278 g/mol. The summed E-state index contributed by atoms with van der Waals surface area (Å²) in [6, 6.07) is 9.30. The Balaban J connectivity index is 2.56. The molecule has 0 aliphatic heterocycles. The molecule has 0 spiro atoms. The van der Waals surface area contributed by atoms with Gasteiger partial charge in [0.05, 0.1) is 23.1 Å². The maximum atomic E-state index is 11.2. The molecule has 0 fully saturated rings. The van der Waals surface area contributed by atoms with Crippen molar-refractivity contribution >= 4 is 5.97 Å². The number of hydrogen-bond acceptors (Lipinski definition) is 3. The van der Waals surface area contributed by atoms with Crippen molar-refractivity contribution in [2.75, 3.05) is 0 Å². The molecule has 1 N–H and O–H groups in total. The summed E-state index contributed by atoms with van der Waals surface area (Å²) in [5.41, 5.74) is 3.57. The SMILES string of the molecule is CCc1nc(-c2cc(C)ccc2OC(C)C)ccc1C(=O)O. The molecule has 4 heteroatoms. The lowest BCUT2D eigenvalue weighted by Crippen LogP contribution is -2.08. The van der Waals surface area contributed by atoms with Crippen molar-refractivity contribution in [3.63, 3.8) is 0 Å². The summed E-state index contributed by atoms with van der Waals surface area (Å²) in [7, 11) is 0. The number of nitrogens with zero attached hydrogens (tertiary/aromatic N) is 1. The number of benzene rings is 1. The van der Waals surface area contributed by atoms with Crippen LogP contribution in [0, 0.1) is 6.92 Å². The molecule has 1 aromatic heterocycles. The first-order chi connectivity index (χ1) is 10.4. The second-order valence-electron chi connectivity index (χ2n) is 5.52. The van der Waals surface area contributed by atoms with Crippen molar-refractivity contribution in [2.45, 2.75) is 40.2 Å². The molecular formula is C18H21NO3. The standard InChI is InChI=1S/C18H21NO3/c1-5-15-13(18(20)21)7-8-16(19-15)14-10-12(4)6-9-17(14)22-11(2)3/h6-11H,5H2,1-4H3,(H,20,21). The summed E-state index contributed by atoms with van der Waals surface area (Å²) in [5.74, 6) is -0.183. The van der Waals surface area contributed by atoms with E-state index in [1.807, 2.05) is 45.9 Å². The highest BCUT2D eigenvalue weighted by Gasteiger charge is 2.15. The predicted octanol–water partition coefficient (Wildman–Crippen LogP) is 4.10. The lowest BCUT2D eigenvalue weighted by molar-refractivity contribution is 0.0695. The minimum Gasteiger partial charge on any atom is -0.490 e. The number of pyridine rings is 1. The van der Waals surface area contributed by atoms with Crippen molar-refractivity contribution in [1.29, 1.82) is 0 Å². The van der Waals surface area contributed by atoms with E-state index in [2.05, 4.69) is 4.98 Å². The van der Waals surface area contributed by atoms with Gasteiger partial charge in [-0.25, -0.2) is 4.79 Å². The van der Waals surface area contributed by atoms with Crippen LogP contribution in [0.4, 0.5) is 0 Å². The van der Waals surface area contributed by atoms with Crippen molar-refractivity contribution < 1.29 is 14.6 Å². The van der Waals surface area contributed by atoms with Crippen LogP contribution in [0.5, 0.6) is 5.75 Å². The second kappa shape index (κ2) is 6.60. The average molecular weight is 299 g/mol. The first kappa shape index (κ1) is 16.0. The topological polar surface area (TPSA) is 59.4 Å². The fraction of sp³-hybridized carbons (Fsp3) is 0.333. The van der Waals surface area contributed by atoms with Gasteiger partial charge in [-0.05, 0) is 51.5 Å². The molecule has 2 rings (SSSR count). The minimum absolute atomic E-state index is 0.0606. The maximum Gasteiger partial charge on any atom is 0.337 e. The van der Waals surface area contributed by atoms with Crippen LogP contribution in [-0.4, -0.2) is 22.2 Å². The van der Waals surface area contributed by atoms with E-state index in [1.54, 1.807) is 12.1 Å². The quantitative estimate of drug-likeness (QED) is 0.902. The molecule has 0 saturated heterocycles. The number of hydrogen-bond donors (Lipinski definition) is 1. The largest absolute Gasteiger partial charge is 0.490 e. The number of carboxylic acid groups (broad SMARTS) is 1. The third-order valence-electron chi connectivity index (χ3n) is 3.31. The van der Waals surface area contributed by atoms with Gasteiger partial charge in [0.15, 0.2) is 0 Å². The summed E-state index contributed by atoms with van der Waals surface area (Å²) in [6.07, 6.45) is 0.632. The van der Waals surface area contributed by atoms with Crippen molar-refractivity contribution in [1.82, 2.24) is 4.98 Å². The lowest BCUT2D eigenvalue weighted by Gasteiger charge is -2.15. The smallest absolute Gasteiger partial charge is 0.337 e. The van der Waals surface area contributed by atoms with Crippen LogP contribution in [-0.2, 0) is 6.42 Å². The summed E-state index contributed by atoms with van der Waals surface area (Å²) in [6.45, 7) is 7.86. The van der Waals surface area contributed by atoms with Gasteiger partial charge >= 0.3 is 5.97 Å². The zero-order valence-corrected chi connectivity index (χ0v) is 13.4. The van der Waals surface area contributed by atoms with E-state index in [0.717, 1.165) is 22.6 Å². The van der Waals surface area contributed by atoms with Crippen molar-refractivity contribution in [2.24, 2.45) is 0 Å². The number of aryl methyl sites for hydroxylation is 2.